The molecule has 0 atom stereocenters. The summed E-state index contributed by atoms with van der Waals surface area (Å²) in [5.41, 5.74) is 34.7. The number of rotatable bonds is 8. The summed E-state index contributed by atoms with van der Waals surface area (Å²) >= 11 is 1.83. The molecule has 2 aliphatic carbocycles. The molecule has 6 nitrogen and oxygen atoms in total. The van der Waals surface area contributed by atoms with E-state index in [1.165, 1.54) is 109 Å². The standard InChI is InChI=1S/C49H33B2NO2S.C47H31B2NO2/c1-49(2)37-16-6-3-13-33(37)34-28-25-31(29-38(34)49)51-46-36-15-5-10-20-42(36)53-47(46)50(45-35-14-4-9-19-41(35)54-48(45)51)30-23-26-32(27-24-30)52-39-17-7-11-21-43(39)55-44-22-12-8-18-40(44)52;1-3-14-35(15-4-1)50(36-16-5-2-6-17-36)37-26-23-33(24-27-37)48-44-40-19-9-11-21-42(40)52-47(44)49(45-41-20-10-12-22-43(41)51-46(45)48)34-25-28-39-32(30-34)29-31-13-7-8-18-38(31)39/h3-29H,1-2H3;1-28,30H,29H2. The molecule has 14 aromatic carbocycles. The second-order valence-corrected chi connectivity index (χ2v) is 30.6. The van der Waals surface area contributed by atoms with Crippen molar-refractivity contribution < 1.29 is 17.7 Å². The molecule has 5 aliphatic rings. The van der Waals surface area contributed by atoms with Crippen LogP contribution in [0.3, 0.4) is 0 Å². The van der Waals surface area contributed by atoms with Gasteiger partial charge in [-0.15, -0.1) is 0 Å². The Morgan fingerprint density at radius 3 is 1.19 bits per heavy atom. The van der Waals surface area contributed by atoms with Gasteiger partial charge in [-0.3, -0.25) is 0 Å². The molecule has 0 bridgehead atoms. The van der Waals surface area contributed by atoms with E-state index in [0.717, 1.165) is 95.7 Å². The first-order valence-corrected chi connectivity index (χ1v) is 37.9. The smallest absolute Gasteiger partial charge is 0.290 e. The minimum absolute atomic E-state index is 0.114. The molecule has 0 fully saturated rings. The van der Waals surface area contributed by atoms with E-state index in [2.05, 4.69) is 363 Å². The molecule has 0 spiro atoms. The predicted octanol–water partition coefficient (Wildman–Crippen LogP) is 16.3. The number of furan rings is 4. The fourth-order valence-electron chi connectivity index (χ4n) is 18.6. The zero-order chi connectivity index (χ0) is 70.6. The van der Waals surface area contributed by atoms with Crippen molar-refractivity contribution in [2.24, 2.45) is 0 Å². The molecule has 107 heavy (non-hydrogen) atoms. The van der Waals surface area contributed by atoms with Gasteiger partial charge in [0.25, 0.3) is 26.9 Å². The lowest BCUT2D eigenvalue weighted by Crippen LogP contribution is -2.73. The average Bonchev–Trinajstić information content (AvgIpc) is 1.56. The van der Waals surface area contributed by atoms with Gasteiger partial charge < -0.3 is 27.5 Å². The van der Waals surface area contributed by atoms with Gasteiger partial charge in [0.05, 0.1) is 34.0 Å². The van der Waals surface area contributed by atoms with Gasteiger partial charge in [0.15, 0.2) is 0 Å². The van der Waals surface area contributed by atoms with E-state index in [1.54, 1.807) is 0 Å². The Morgan fingerprint density at radius 1 is 0.308 bits per heavy atom. The van der Waals surface area contributed by atoms with Crippen molar-refractivity contribution in [3.8, 4) is 22.3 Å². The number of benzene rings is 14. The Bertz CT molecular complexity index is 6520. The van der Waals surface area contributed by atoms with Gasteiger partial charge in [-0.2, -0.15) is 0 Å². The van der Waals surface area contributed by atoms with Crippen LogP contribution in [0.25, 0.3) is 66.1 Å². The van der Waals surface area contributed by atoms with E-state index < -0.39 is 0 Å². The van der Waals surface area contributed by atoms with Gasteiger partial charge in [0, 0.05) is 59.5 Å². The van der Waals surface area contributed by atoms with Crippen LogP contribution < -0.4 is 76.1 Å². The van der Waals surface area contributed by atoms with Gasteiger partial charge >= 0.3 is 0 Å². The Morgan fingerprint density at radius 2 is 0.673 bits per heavy atom. The minimum Gasteiger partial charge on any atom is -0.471 e. The second kappa shape index (κ2) is 24.3. The molecular weight excluding hydrogens is 1320 g/mol. The van der Waals surface area contributed by atoms with Gasteiger partial charge in [0.2, 0.25) is 0 Å². The summed E-state index contributed by atoms with van der Waals surface area (Å²) in [6.45, 7) is 4.16. The van der Waals surface area contributed by atoms with Crippen LogP contribution in [-0.4, -0.2) is 26.9 Å². The number of hydrogen-bond acceptors (Lipinski definition) is 7. The van der Waals surface area contributed by atoms with E-state index in [1.807, 2.05) is 11.8 Å². The highest BCUT2D eigenvalue weighted by molar-refractivity contribution is 7.99. The molecule has 0 saturated heterocycles. The Balaban J connectivity index is 0.000000133. The third kappa shape index (κ3) is 9.59. The van der Waals surface area contributed by atoms with Crippen LogP contribution in [0.1, 0.15) is 36.1 Å². The zero-order valence-electron chi connectivity index (χ0n) is 58.8. The Hall–Kier alpha value is -12.6. The molecule has 3 aliphatic heterocycles. The van der Waals surface area contributed by atoms with E-state index in [-0.39, 0.29) is 32.3 Å². The summed E-state index contributed by atoms with van der Waals surface area (Å²) in [5.74, 6) is 0. The van der Waals surface area contributed by atoms with Crippen LogP contribution in [0.5, 0.6) is 0 Å². The maximum absolute atomic E-state index is 7.06. The molecule has 7 heterocycles. The third-order valence-electron chi connectivity index (χ3n) is 23.4. The SMILES string of the molecule is CC1(C)c2ccccc2-c2ccc(B3c4oc5ccccc5c4B(c4ccc(N5c6ccccc6Sc6ccccc65)cc4)c4oc5ccccc5c43)cc21.c1ccc(N(c2ccccc2)c2ccc(B3c4oc5ccccc5c4B(c4ccc5c(c4)Cc4ccccc4-5)c4oc5ccccc5c43)cc2)cc1. The molecule has 500 valence electrons. The highest BCUT2D eigenvalue weighted by atomic mass is 32.2. The first-order chi connectivity index (χ1) is 52.8. The number of hydrogen-bond donors (Lipinski definition) is 0. The molecule has 0 saturated carbocycles. The second-order valence-electron chi connectivity index (χ2n) is 29.5. The zero-order valence-corrected chi connectivity index (χ0v) is 59.6. The molecule has 0 radical (unpaired) electrons. The highest BCUT2D eigenvalue weighted by Crippen LogP contribution is 2.52. The number of para-hydroxylation sites is 8. The van der Waals surface area contributed by atoms with Crippen LogP contribution in [0.4, 0.5) is 34.1 Å². The van der Waals surface area contributed by atoms with E-state index in [9.17, 15) is 0 Å². The summed E-state index contributed by atoms with van der Waals surface area (Å²) in [6, 6.07) is 122. The number of anilines is 6. The van der Waals surface area contributed by atoms with Crippen molar-refractivity contribution in [3.63, 3.8) is 0 Å². The van der Waals surface area contributed by atoms with Crippen LogP contribution in [0.2, 0.25) is 0 Å². The van der Waals surface area contributed by atoms with Crippen molar-refractivity contribution in [3.05, 3.63) is 362 Å². The van der Waals surface area contributed by atoms with Gasteiger partial charge in [-0.05, 0) is 170 Å². The fraction of sp³-hybridized carbons (Fsp3) is 0.0417. The Kier molecular flexibility index (Phi) is 14.0. The van der Waals surface area contributed by atoms with Crippen molar-refractivity contribution in [1.82, 2.24) is 0 Å². The normalized spacial score (nSPS) is 13.8. The van der Waals surface area contributed by atoms with Gasteiger partial charge in [-0.1, -0.05) is 290 Å². The fourth-order valence-corrected chi connectivity index (χ4v) is 19.7. The first kappa shape index (κ1) is 61.9. The van der Waals surface area contributed by atoms with E-state index in [4.69, 9.17) is 17.7 Å². The minimum atomic E-state index is -0.155. The summed E-state index contributed by atoms with van der Waals surface area (Å²) < 4.78 is 28.1. The molecule has 23 rings (SSSR count). The third-order valence-corrected chi connectivity index (χ3v) is 24.5. The van der Waals surface area contributed by atoms with E-state index >= 15 is 0 Å². The van der Waals surface area contributed by atoms with Crippen LogP contribution >= 0.6 is 11.8 Å². The maximum atomic E-state index is 7.06. The highest BCUT2D eigenvalue weighted by Gasteiger charge is 2.50. The van der Waals surface area contributed by atoms with E-state index in [0.29, 0.717) is 0 Å². The van der Waals surface area contributed by atoms with Crippen molar-refractivity contribution >= 4 is 183 Å². The molecule has 0 unspecified atom stereocenters. The molecular formula is C96H64B4N2O4S. The lowest BCUT2D eigenvalue weighted by Gasteiger charge is -2.33. The van der Waals surface area contributed by atoms with Crippen LogP contribution in [-0.2, 0) is 11.8 Å². The quantitative estimate of drug-likeness (QED) is 0.141. The monoisotopic (exact) mass is 1380 g/mol. The summed E-state index contributed by atoms with van der Waals surface area (Å²) in [5, 5.41) is 4.54. The molecule has 0 amide bonds. The molecule has 0 N–H and O–H groups in total. The lowest BCUT2D eigenvalue weighted by molar-refractivity contribution is 0.647. The molecule has 4 aromatic heterocycles. The maximum Gasteiger partial charge on any atom is 0.290 e. The molecule has 18 aromatic rings. The van der Waals surface area contributed by atoms with Crippen molar-refractivity contribution in [2.75, 3.05) is 9.80 Å². The largest absolute Gasteiger partial charge is 0.471 e. The number of nitrogens with zero attached hydrogens (tertiary/aromatic N) is 2. The lowest BCUT2D eigenvalue weighted by atomic mass is 9.24. The average molecular weight is 1380 g/mol. The van der Waals surface area contributed by atoms with Gasteiger partial charge in [-0.25, -0.2) is 0 Å². The Labute approximate surface area is 625 Å². The van der Waals surface area contributed by atoms with Crippen LogP contribution in [0, 0.1) is 0 Å². The number of fused-ring (bicyclic) bond motifs is 20. The first-order valence-electron chi connectivity index (χ1n) is 37.1. The summed E-state index contributed by atoms with van der Waals surface area (Å²) in [4.78, 5) is 7.20. The van der Waals surface area contributed by atoms with Crippen molar-refractivity contribution in [2.45, 2.75) is 35.5 Å². The summed E-state index contributed by atoms with van der Waals surface area (Å²) in [7, 11) is 0. The van der Waals surface area contributed by atoms with Crippen molar-refractivity contribution in [1.29, 1.82) is 0 Å². The topological polar surface area (TPSA) is 59.0 Å². The molecule has 11 heteroatoms. The summed E-state index contributed by atoms with van der Waals surface area (Å²) in [6.07, 6.45) is 0.940. The predicted molar refractivity (Wildman–Crippen MR) is 449 cm³/mol. The van der Waals surface area contributed by atoms with Crippen LogP contribution in [0.15, 0.2) is 367 Å². The van der Waals surface area contributed by atoms with Gasteiger partial charge in [0.1, 0.15) is 22.3 Å².